The smallest absolute Gasteiger partial charge is 0.121 e. The molecule has 0 spiro atoms. The Morgan fingerprint density at radius 1 is 1.20 bits per heavy atom. The highest BCUT2D eigenvalue weighted by molar-refractivity contribution is 6.11. The van der Waals surface area contributed by atoms with Crippen molar-refractivity contribution in [2.24, 2.45) is 0 Å². The van der Waals surface area contributed by atoms with Crippen LogP contribution < -0.4 is 4.74 Å². The van der Waals surface area contributed by atoms with Crippen LogP contribution in [0.15, 0.2) is 36.7 Å². The third-order valence-corrected chi connectivity index (χ3v) is 4.60. The van der Waals surface area contributed by atoms with Gasteiger partial charge in [-0.3, -0.25) is 0 Å². The van der Waals surface area contributed by atoms with Crippen molar-refractivity contribution in [1.29, 1.82) is 5.26 Å². The lowest BCUT2D eigenvalue weighted by Crippen LogP contribution is -1.96. The summed E-state index contributed by atoms with van der Waals surface area (Å²) in [5.74, 6) is 0.730. The highest BCUT2D eigenvalue weighted by Crippen LogP contribution is 2.32. The molecule has 0 radical (unpaired) electrons. The normalized spacial score (nSPS) is 11.2. The Labute approximate surface area is 145 Å². The van der Waals surface area contributed by atoms with Gasteiger partial charge in [0.25, 0.3) is 0 Å². The predicted octanol–water partition coefficient (Wildman–Crippen LogP) is 4.42. The molecule has 5 nitrogen and oxygen atoms in total. The maximum absolute atomic E-state index is 9.82. The number of pyridine rings is 1. The molecule has 0 saturated carbocycles. The summed E-state index contributed by atoms with van der Waals surface area (Å²) in [5.41, 5.74) is 4.05. The van der Waals surface area contributed by atoms with E-state index in [-0.39, 0.29) is 0 Å². The van der Waals surface area contributed by atoms with Crippen molar-refractivity contribution in [3.63, 3.8) is 0 Å². The van der Waals surface area contributed by atoms with Crippen LogP contribution in [0, 0.1) is 11.3 Å². The number of rotatable bonds is 4. The molecule has 2 aromatic heterocycles. The quantitative estimate of drug-likeness (QED) is 0.520. The molecule has 0 aliphatic rings. The standard InChI is InChI=1S/C20H18N4O/c1-3-4-9-24-12-22-20-18(24)8-7-16-19(20)15(11-21)14-6-5-13(25-2)10-17(14)23-16/h5-8,10,12H,3-4,9H2,1-2H3. The number of ether oxygens (including phenoxy) is 1. The number of aryl methyl sites for hydroxylation is 1. The van der Waals surface area contributed by atoms with Crippen molar-refractivity contribution in [3.8, 4) is 11.8 Å². The van der Waals surface area contributed by atoms with E-state index in [4.69, 9.17) is 9.72 Å². The molecule has 0 N–H and O–H groups in total. The van der Waals surface area contributed by atoms with Crippen LogP contribution in [0.3, 0.4) is 0 Å². The number of fused-ring (bicyclic) bond motifs is 4. The van der Waals surface area contributed by atoms with Crippen LogP contribution in [0.4, 0.5) is 0 Å². The molecule has 25 heavy (non-hydrogen) atoms. The lowest BCUT2D eigenvalue weighted by atomic mass is 10.0. The van der Waals surface area contributed by atoms with Crippen molar-refractivity contribution in [1.82, 2.24) is 14.5 Å². The fourth-order valence-corrected chi connectivity index (χ4v) is 3.29. The third-order valence-electron chi connectivity index (χ3n) is 4.60. The number of hydrogen-bond acceptors (Lipinski definition) is 4. The van der Waals surface area contributed by atoms with Crippen LogP contribution in [0.1, 0.15) is 25.3 Å². The molecule has 5 heteroatoms. The molecule has 0 atom stereocenters. The first-order valence-corrected chi connectivity index (χ1v) is 8.42. The van der Waals surface area contributed by atoms with Gasteiger partial charge in [0.15, 0.2) is 0 Å². The van der Waals surface area contributed by atoms with Gasteiger partial charge in [-0.15, -0.1) is 0 Å². The number of hydrogen-bond donors (Lipinski definition) is 0. The van der Waals surface area contributed by atoms with Crippen molar-refractivity contribution in [3.05, 3.63) is 42.2 Å². The van der Waals surface area contributed by atoms with Crippen LogP contribution in [0.5, 0.6) is 5.75 Å². The van der Waals surface area contributed by atoms with Gasteiger partial charge in [-0.25, -0.2) is 9.97 Å². The van der Waals surface area contributed by atoms with Gasteiger partial charge in [-0.1, -0.05) is 13.3 Å². The van der Waals surface area contributed by atoms with E-state index in [2.05, 4.69) is 22.5 Å². The fraction of sp³-hybridized carbons (Fsp3) is 0.250. The van der Waals surface area contributed by atoms with Crippen molar-refractivity contribution >= 4 is 32.8 Å². The first-order valence-electron chi connectivity index (χ1n) is 8.42. The summed E-state index contributed by atoms with van der Waals surface area (Å²) in [6.07, 6.45) is 4.09. The molecule has 0 bridgehead atoms. The van der Waals surface area contributed by atoms with Crippen LogP contribution >= 0.6 is 0 Å². The van der Waals surface area contributed by atoms with E-state index >= 15 is 0 Å². The van der Waals surface area contributed by atoms with Crippen molar-refractivity contribution in [2.75, 3.05) is 7.11 Å². The fourth-order valence-electron chi connectivity index (χ4n) is 3.29. The molecule has 0 aliphatic heterocycles. The van der Waals surface area contributed by atoms with Crippen LogP contribution in [-0.4, -0.2) is 21.6 Å². The number of nitrogens with zero attached hydrogens (tertiary/aromatic N) is 4. The Hall–Kier alpha value is -3.13. The number of imidazole rings is 1. The summed E-state index contributed by atoms with van der Waals surface area (Å²) in [6.45, 7) is 3.10. The zero-order chi connectivity index (χ0) is 17.4. The molecule has 0 unspecified atom stereocenters. The Bertz CT molecular complexity index is 1140. The lowest BCUT2D eigenvalue weighted by Gasteiger charge is -2.08. The van der Waals surface area contributed by atoms with Gasteiger partial charge >= 0.3 is 0 Å². The summed E-state index contributed by atoms with van der Waals surface area (Å²) in [7, 11) is 1.62. The molecule has 0 amide bonds. The molecule has 124 valence electrons. The molecule has 2 aromatic carbocycles. The number of nitriles is 1. The minimum absolute atomic E-state index is 0.619. The summed E-state index contributed by atoms with van der Waals surface area (Å²) in [4.78, 5) is 9.33. The Morgan fingerprint density at radius 3 is 2.84 bits per heavy atom. The number of methoxy groups -OCH3 is 1. The largest absolute Gasteiger partial charge is 0.497 e. The summed E-state index contributed by atoms with van der Waals surface area (Å²) >= 11 is 0. The molecule has 0 saturated heterocycles. The van der Waals surface area contributed by atoms with Crippen LogP contribution in [0.2, 0.25) is 0 Å². The topological polar surface area (TPSA) is 63.7 Å². The van der Waals surface area contributed by atoms with Gasteiger partial charge in [0.1, 0.15) is 11.8 Å². The first-order chi connectivity index (χ1) is 12.3. The second-order valence-corrected chi connectivity index (χ2v) is 6.10. The zero-order valence-corrected chi connectivity index (χ0v) is 14.3. The van der Waals surface area contributed by atoms with Crippen LogP contribution in [-0.2, 0) is 6.54 Å². The second kappa shape index (κ2) is 6.06. The molecule has 2 heterocycles. The monoisotopic (exact) mass is 330 g/mol. The second-order valence-electron chi connectivity index (χ2n) is 6.10. The van der Waals surface area contributed by atoms with E-state index < -0.39 is 0 Å². The minimum Gasteiger partial charge on any atom is -0.497 e. The molecule has 0 fully saturated rings. The first kappa shape index (κ1) is 15.4. The lowest BCUT2D eigenvalue weighted by molar-refractivity contribution is 0.415. The SMILES string of the molecule is CCCCn1cnc2c3c(C#N)c4ccc(OC)cc4nc3ccc21. The van der Waals surface area contributed by atoms with E-state index in [9.17, 15) is 5.26 Å². The average Bonchev–Trinajstić information content (AvgIpc) is 3.07. The summed E-state index contributed by atoms with van der Waals surface area (Å²) < 4.78 is 7.43. The maximum Gasteiger partial charge on any atom is 0.121 e. The van der Waals surface area contributed by atoms with Gasteiger partial charge in [0.2, 0.25) is 0 Å². The van der Waals surface area contributed by atoms with E-state index in [0.29, 0.717) is 5.56 Å². The molecular formula is C20H18N4O. The maximum atomic E-state index is 9.82. The highest BCUT2D eigenvalue weighted by atomic mass is 16.5. The van der Waals surface area contributed by atoms with E-state index in [1.54, 1.807) is 7.11 Å². The molecule has 0 aliphatic carbocycles. The number of unbranched alkanes of at least 4 members (excludes halogenated alkanes) is 1. The molecule has 4 rings (SSSR count). The molecule has 4 aromatic rings. The minimum atomic E-state index is 0.619. The Morgan fingerprint density at radius 2 is 2.08 bits per heavy atom. The van der Waals surface area contributed by atoms with Gasteiger partial charge in [0, 0.05) is 23.4 Å². The van der Waals surface area contributed by atoms with E-state index in [0.717, 1.165) is 58.0 Å². The molecular weight excluding hydrogens is 312 g/mol. The van der Waals surface area contributed by atoms with E-state index in [1.165, 1.54) is 0 Å². The average molecular weight is 330 g/mol. The number of benzene rings is 2. The van der Waals surface area contributed by atoms with Crippen molar-refractivity contribution < 1.29 is 4.74 Å². The zero-order valence-electron chi connectivity index (χ0n) is 14.3. The van der Waals surface area contributed by atoms with Gasteiger partial charge in [-0.2, -0.15) is 5.26 Å². The third kappa shape index (κ3) is 2.38. The van der Waals surface area contributed by atoms with Crippen molar-refractivity contribution in [2.45, 2.75) is 26.3 Å². The van der Waals surface area contributed by atoms with Gasteiger partial charge in [0.05, 0.1) is 41.1 Å². The Kier molecular flexibility index (Phi) is 3.73. The van der Waals surface area contributed by atoms with Gasteiger partial charge < -0.3 is 9.30 Å². The van der Waals surface area contributed by atoms with Crippen LogP contribution in [0.25, 0.3) is 32.8 Å². The highest BCUT2D eigenvalue weighted by Gasteiger charge is 2.15. The summed E-state index contributed by atoms with van der Waals surface area (Å²) in [5, 5.41) is 11.5. The predicted molar refractivity (Wildman–Crippen MR) is 98.7 cm³/mol. The number of aromatic nitrogens is 3. The van der Waals surface area contributed by atoms with Gasteiger partial charge in [-0.05, 0) is 30.7 Å². The van der Waals surface area contributed by atoms with E-state index in [1.807, 2.05) is 36.7 Å². The Balaban J connectivity index is 2.07. The summed E-state index contributed by atoms with van der Waals surface area (Å²) in [6, 6.07) is 12.0.